The maximum Gasteiger partial charge on any atom is 0.280 e. The summed E-state index contributed by atoms with van der Waals surface area (Å²) >= 11 is 1.32. The van der Waals surface area contributed by atoms with Gasteiger partial charge in [-0.15, -0.1) is 11.3 Å². The van der Waals surface area contributed by atoms with E-state index in [1.54, 1.807) is 18.2 Å². The Labute approximate surface area is 124 Å². The highest BCUT2D eigenvalue weighted by atomic mass is 32.1. The van der Waals surface area contributed by atoms with Gasteiger partial charge in [0.05, 0.1) is 4.88 Å². The lowest BCUT2D eigenvalue weighted by molar-refractivity contribution is 0.0848. The number of rotatable bonds is 2. The van der Waals surface area contributed by atoms with Crippen LogP contribution in [0.5, 0.6) is 11.5 Å². The van der Waals surface area contributed by atoms with Crippen LogP contribution >= 0.6 is 11.3 Å². The summed E-state index contributed by atoms with van der Waals surface area (Å²) in [6, 6.07) is 6.67. The standard InChI is InChI=1S/C14H12N2O4S/c1-8-4-5-21-12(8)14(18)16-15-13(17)9-2-3-10-11(6-9)20-7-19-10/h2-6H,7H2,1H3,(H,15,17)(H,16,18). The minimum absolute atomic E-state index is 0.148. The van der Waals surface area contributed by atoms with Crippen molar-refractivity contribution in [3.05, 3.63) is 45.6 Å². The molecule has 0 spiro atoms. The molecule has 0 radical (unpaired) electrons. The van der Waals surface area contributed by atoms with E-state index in [2.05, 4.69) is 10.9 Å². The predicted molar refractivity (Wildman–Crippen MR) is 76.6 cm³/mol. The van der Waals surface area contributed by atoms with Crippen LogP contribution in [0, 0.1) is 6.92 Å². The normalized spacial score (nSPS) is 12.0. The largest absolute Gasteiger partial charge is 0.454 e. The van der Waals surface area contributed by atoms with Crippen molar-refractivity contribution >= 4 is 23.2 Å². The number of fused-ring (bicyclic) bond motifs is 1. The molecule has 0 bridgehead atoms. The van der Waals surface area contributed by atoms with E-state index in [-0.39, 0.29) is 12.7 Å². The molecule has 2 aromatic rings. The first-order chi connectivity index (χ1) is 10.1. The first-order valence-corrected chi connectivity index (χ1v) is 7.07. The van der Waals surface area contributed by atoms with E-state index in [9.17, 15) is 9.59 Å². The van der Waals surface area contributed by atoms with E-state index in [0.29, 0.717) is 21.9 Å². The fourth-order valence-electron chi connectivity index (χ4n) is 1.89. The molecule has 0 saturated carbocycles. The molecule has 1 aliphatic heterocycles. The number of benzene rings is 1. The molecular formula is C14H12N2O4S. The molecule has 7 heteroatoms. The van der Waals surface area contributed by atoms with Crippen molar-refractivity contribution in [2.45, 2.75) is 6.92 Å². The molecule has 3 rings (SSSR count). The monoisotopic (exact) mass is 304 g/mol. The lowest BCUT2D eigenvalue weighted by atomic mass is 10.2. The van der Waals surface area contributed by atoms with Gasteiger partial charge in [0.15, 0.2) is 11.5 Å². The zero-order chi connectivity index (χ0) is 14.8. The molecule has 0 saturated heterocycles. The van der Waals surface area contributed by atoms with Crippen LogP contribution in [0.25, 0.3) is 0 Å². The van der Waals surface area contributed by atoms with Crippen molar-refractivity contribution in [3.8, 4) is 11.5 Å². The van der Waals surface area contributed by atoms with E-state index < -0.39 is 5.91 Å². The molecule has 6 nitrogen and oxygen atoms in total. The lowest BCUT2D eigenvalue weighted by Crippen LogP contribution is -2.41. The first kappa shape index (κ1) is 13.4. The average molecular weight is 304 g/mol. The number of nitrogens with one attached hydrogen (secondary N) is 2. The Bertz CT molecular complexity index is 711. The average Bonchev–Trinajstić information content (AvgIpc) is 3.11. The van der Waals surface area contributed by atoms with Crippen LogP contribution in [0.3, 0.4) is 0 Å². The molecule has 0 fully saturated rings. The molecular weight excluding hydrogens is 292 g/mol. The quantitative estimate of drug-likeness (QED) is 0.830. The summed E-state index contributed by atoms with van der Waals surface area (Å²) in [5.41, 5.74) is 6.02. The molecule has 0 aliphatic carbocycles. The number of hydrogen-bond acceptors (Lipinski definition) is 5. The van der Waals surface area contributed by atoms with Crippen molar-refractivity contribution in [2.75, 3.05) is 6.79 Å². The minimum Gasteiger partial charge on any atom is -0.454 e. The van der Waals surface area contributed by atoms with Crippen LogP contribution in [0.15, 0.2) is 29.6 Å². The number of thiophene rings is 1. The fraction of sp³-hybridized carbons (Fsp3) is 0.143. The highest BCUT2D eigenvalue weighted by Crippen LogP contribution is 2.32. The van der Waals surface area contributed by atoms with E-state index in [4.69, 9.17) is 9.47 Å². The predicted octanol–water partition coefficient (Wildman–Crippen LogP) is 1.86. The fourth-order valence-corrected chi connectivity index (χ4v) is 2.71. The van der Waals surface area contributed by atoms with E-state index >= 15 is 0 Å². The van der Waals surface area contributed by atoms with Crippen LogP contribution < -0.4 is 20.3 Å². The second-order valence-electron chi connectivity index (χ2n) is 4.41. The Kier molecular flexibility index (Phi) is 3.49. The van der Waals surface area contributed by atoms with E-state index in [1.807, 2.05) is 18.4 Å². The summed E-state index contributed by atoms with van der Waals surface area (Å²) in [5.74, 6) is 0.361. The van der Waals surface area contributed by atoms with Crippen LogP contribution in [0.2, 0.25) is 0 Å². The third-order valence-corrected chi connectivity index (χ3v) is 4.01. The maximum absolute atomic E-state index is 12.0. The topological polar surface area (TPSA) is 76.7 Å². The SMILES string of the molecule is Cc1ccsc1C(=O)NNC(=O)c1ccc2c(c1)OCO2. The smallest absolute Gasteiger partial charge is 0.280 e. The van der Waals surface area contributed by atoms with Gasteiger partial charge in [0.1, 0.15) is 0 Å². The number of amides is 2. The van der Waals surface area contributed by atoms with Gasteiger partial charge in [0.25, 0.3) is 11.8 Å². The van der Waals surface area contributed by atoms with E-state index in [1.165, 1.54) is 11.3 Å². The number of carbonyl (C=O) groups is 2. The van der Waals surface area contributed by atoms with Gasteiger partial charge in [-0.2, -0.15) is 0 Å². The van der Waals surface area contributed by atoms with Crippen LogP contribution in [0.1, 0.15) is 25.6 Å². The lowest BCUT2D eigenvalue weighted by Gasteiger charge is -2.07. The summed E-state index contributed by atoms with van der Waals surface area (Å²) in [6.45, 7) is 1.99. The molecule has 1 aliphatic rings. The van der Waals surface area contributed by atoms with Crippen molar-refractivity contribution in [1.82, 2.24) is 10.9 Å². The van der Waals surface area contributed by atoms with Gasteiger partial charge in [-0.3, -0.25) is 20.4 Å². The number of carbonyl (C=O) groups excluding carboxylic acids is 2. The second kappa shape index (κ2) is 5.45. The summed E-state index contributed by atoms with van der Waals surface area (Å²) in [5, 5.41) is 1.82. The zero-order valence-electron chi connectivity index (χ0n) is 11.1. The van der Waals surface area contributed by atoms with Crippen LogP contribution in [-0.2, 0) is 0 Å². The molecule has 2 amide bonds. The highest BCUT2D eigenvalue weighted by Gasteiger charge is 2.17. The van der Waals surface area contributed by atoms with Crippen molar-refractivity contribution in [3.63, 3.8) is 0 Å². The van der Waals surface area contributed by atoms with Gasteiger partial charge in [-0.05, 0) is 42.1 Å². The molecule has 1 aromatic heterocycles. The van der Waals surface area contributed by atoms with Crippen LogP contribution in [0.4, 0.5) is 0 Å². The van der Waals surface area contributed by atoms with Crippen LogP contribution in [-0.4, -0.2) is 18.6 Å². The summed E-state index contributed by atoms with van der Waals surface area (Å²) in [7, 11) is 0. The Balaban J connectivity index is 1.64. The van der Waals surface area contributed by atoms with Gasteiger partial charge in [0.2, 0.25) is 6.79 Å². The third-order valence-electron chi connectivity index (χ3n) is 2.99. The first-order valence-electron chi connectivity index (χ1n) is 6.19. The molecule has 2 heterocycles. The molecule has 21 heavy (non-hydrogen) atoms. The summed E-state index contributed by atoms with van der Waals surface area (Å²) in [4.78, 5) is 24.4. The van der Waals surface area contributed by atoms with Crippen molar-refractivity contribution in [1.29, 1.82) is 0 Å². The molecule has 0 atom stereocenters. The Morgan fingerprint density at radius 1 is 1.10 bits per heavy atom. The van der Waals surface area contributed by atoms with Gasteiger partial charge in [0, 0.05) is 5.56 Å². The Morgan fingerprint density at radius 2 is 1.86 bits per heavy atom. The molecule has 1 aromatic carbocycles. The number of aryl methyl sites for hydroxylation is 1. The van der Waals surface area contributed by atoms with Crippen molar-refractivity contribution < 1.29 is 19.1 Å². The van der Waals surface area contributed by atoms with Gasteiger partial charge in [-0.25, -0.2) is 0 Å². The molecule has 2 N–H and O–H groups in total. The Morgan fingerprint density at radius 3 is 2.62 bits per heavy atom. The van der Waals surface area contributed by atoms with Gasteiger partial charge in [-0.1, -0.05) is 0 Å². The number of hydrazine groups is 1. The van der Waals surface area contributed by atoms with Gasteiger partial charge >= 0.3 is 0 Å². The molecule has 0 unspecified atom stereocenters. The zero-order valence-corrected chi connectivity index (χ0v) is 12.0. The summed E-state index contributed by atoms with van der Waals surface area (Å²) in [6.07, 6.45) is 0. The summed E-state index contributed by atoms with van der Waals surface area (Å²) < 4.78 is 10.4. The minimum atomic E-state index is -0.421. The second-order valence-corrected chi connectivity index (χ2v) is 5.33. The molecule has 108 valence electrons. The van der Waals surface area contributed by atoms with E-state index in [0.717, 1.165) is 5.56 Å². The van der Waals surface area contributed by atoms with Gasteiger partial charge < -0.3 is 9.47 Å². The number of hydrogen-bond donors (Lipinski definition) is 2. The third kappa shape index (κ3) is 2.68. The Hall–Kier alpha value is -2.54. The number of ether oxygens (including phenoxy) is 2. The highest BCUT2D eigenvalue weighted by molar-refractivity contribution is 7.12. The maximum atomic E-state index is 12.0. The van der Waals surface area contributed by atoms with Crippen molar-refractivity contribution in [2.24, 2.45) is 0 Å².